The smallest absolute Gasteiger partial charge is 0.413 e. The molecule has 0 aromatic heterocycles. The molecule has 0 aromatic rings. The third-order valence-electron chi connectivity index (χ3n) is 7.68. The number of hydrogen-bond donors (Lipinski definition) is 3. The number of carbonyl (C=O) groups excluding carboxylic acids is 7. The first-order chi connectivity index (χ1) is 23.5. The van der Waals surface area contributed by atoms with Crippen LogP contribution in [-0.2, 0) is 57.2 Å². The van der Waals surface area contributed by atoms with Crippen LogP contribution in [-0.4, -0.2) is 103 Å². The monoisotopic (exact) mass is 728 g/mol. The third-order valence-corrected chi connectivity index (χ3v) is 7.68. The summed E-state index contributed by atoms with van der Waals surface area (Å²) in [6, 6.07) is -1.09. The summed E-state index contributed by atoms with van der Waals surface area (Å²) in [6.45, 7) is 16.4. The summed E-state index contributed by atoms with van der Waals surface area (Å²) in [5.41, 5.74) is -0.734. The first kappa shape index (κ1) is 42.8. The largest absolute Gasteiger partial charge is 0.458 e. The zero-order valence-electron chi connectivity index (χ0n) is 31.2. The molecule has 2 amide bonds. The van der Waals surface area contributed by atoms with Gasteiger partial charge in [-0.15, -0.1) is 0 Å². The summed E-state index contributed by atoms with van der Waals surface area (Å²) in [6.07, 6.45) is -6.60. The van der Waals surface area contributed by atoms with Crippen molar-refractivity contribution in [2.75, 3.05) is 13.2 Å². The van der Waals surface area contributed by atoms with E-state index in [1.165, 1.54) is 13.8 Å². The Morgan fingerprint density at radius 3 is 1.92 bits per heavy atom. The number of ketones is 2. The summed E-state index contributed by atoms with van der Waals surface area (Å²) in [4.78, 5) is 97.5. The van der Waals surface area contributed by atoms with E-state index >= 15 is 0 Å². The number of ether oxygens (including phenoxy) is 6. The lowest BCUT2D eigenvalue weighted by Crippen LogP contribution is -2.72. The fourth-order valence-electron chi connectivity index (χ4n) is 5.75. The number of alkyl carbamates (subject to hydrolysis) is 2. The highest BCUT2D eigenvalue weighted by Gasteiger charge is 2.69. The molecule has 51 heavy (non-hydrogen) atoms. The van der Waals surface area contributed by atoms with Gasteiger partial charge in [0.15, 0.2) is 12.2 Å². The number of nitrogens with zero attached hydrogens (tertiary/aromatic N) is 1. The Hall–Kier alpha value is -4.32. The average Bonchev–Trinajstić information content (AvgIpc) is 2.93. The van der Waals surface area contributed by atoms with Gasteiger partial charge in [-0.25, -0.2) is 24.7 Å². The van der Waals surface area contributed by atoms with E-state index in [2.05, 4.69) is 21.1 Å². The second kappa shape index (κ2) is 17.7. The van der Waals surface area contributed by atoms with E-state index in [1.807, 2.05) is 0 Å². The molecule has 2 aliphatic rings. The molecule has 2 fully saturated rings. The van der Waals surface area contributed by atoms with Crippen molar-refractivity contribution < 1.29 is 66.8 Å². The van der Waals surface area contributed by atoms with Crippen LogP contribution in [0.15, 0.2) is 4.99 Å². The number of esters is 3. The van der Waals surface area contributed by atoms with Crippen LogP contribution in [0.3, 0.4) is 0 Å². The van der Waals surface area contributed by atoms with E-state index in [0.29, 0.717) is 0 Å². The lowest BCUT2D eigenvalue weighted by Gasteiger charge is -2.58. The highest BCUT2D eigenvalue weighted by Crippen LogP contribution is 2.56. The summed E-state index contributed by atoms with van der Waals surface area (Å²) in [5, 5.41) is 4.89. The first-order valence-electron chi connectivity index (χ1n) is 16.6. The first-order valence-corrected chi connectivity index (χ1v) is 16.6. The number of nitrogens with one attached hydrogen (secondary N) is 3. The Kier molecular flexibility index (Phi) is 14.9. The lowest BCUT2D eigenvalue weighted by atomic mass is 9.51. The van der Waals surface area contributed by atoms with Crippen molar-refractivity contribution in [3.05, 3.63) is 0 Å². The van der Waals surface area contributed by atoms with Gasteiger partial charge in [-0.05, 0) is 81.6 Å². The minimum Gasteiger partial charge on any atom is -0.458 e. The molecule has 1 saturated heterocycles. The van der Waals surface area contributed by atoms with E-state index < -0.39 is 94.8 Å². The van der Waals surface area contributed by atoms with Crippen LogP contribution in [0.4, 0.5) is 9.59 Å². The molecular formula is C33H52N4O14. The van der Waals surface area contributed by atoms with Crippen LogP contribution in [0.5, 0.6) is 0 Å². The number of hydroxylamine groups is 1. The van der Waals surface area contributed by atoms with Gasteiger partial charge in [0.25, 0.3) is 0 Å². The van der Waals surface area contributed by atoms with Crippen LogP contribution in [0.1, 0.15) is 95.4 Å². The second-order valence-corrected chi connectivity index (χ2v) is 14.2. The number of aliphatic imine (C=N–C) groups is 1. The fourth-order valence-corrected chi connectivity index (χ4v) is 5.75. The minimum atomic E-state index is -1.53. The Bertz CT molecular complexity index is 1340. The summed E-state index contributed by atoms with van der Waals surface area (Å²) in [7, 11) is 0. The maximum atomic E-state index is 12.9. The molecule has 3 N–H and O–H groups in total. The molecule has 0 bridgehead atoms. The standard InChI is InChI=1S/C33H52N4O14/c1-12-45-29(43)36-28(34-15-13-14-21(26(42)49-31(6,7)8)35-30(44)50-32(9,10)11)37-51-27-25(47-20(5)41)24(46-19(4)40)23-22(48-27)16-33(23,17(2)38)18(3)39/h21-25,27H,12-16H2,1-11H3,(H,35,44)(H2,34,36,37,43). The van der Waals surface area contributed by atoms with Crippen molar-refractivity contribution in [2.45, 2.75) is 137 Å². The van der Waals surface area contributed by atoms with Crippen LogP contribution < -0.4 is 16.1 Å². The fraction of sp³-hybridized carbons (Fsp3) is 0.758. The zero-order valence-corrected chi connectivity index (χ0v) is 31.2. The quantitative estimate of drug-likeness (QED) is 0.0470. The number of guanidine groups is 1. The van der Waals surface area contributed by atoms with Crippen LogP contribution >= 0.6 is 0 Å². The molecule has 2 rings (SSSR count). The minimum absolute atomic E-state index is 0.0231. The molecule has 6 unspecified atom stereocenters. The molecule has 288 valence electrons. The van der Waals surface area contributed by atoms with Gasteiger partial charge >= 0.3 is 30.1 Å². The molecule has 6 atom stereocenters. The van der Waals surface area contributed by atoms with Gasteiger partial charge in [0.1, 0.15) is 28.8 Å². The number of fused-ring (bicyclic) bond motifs is 1. The average molecular weight is 729 g/mol. The molecule has 1 aliphatic heterocycles. The van der Waals surface area contributed by atoms with E-state index in [-0.39, 0.29) is 38.4 Å². The molecule has 1 heterocycles. The molecule has 0 spiro atoms. The van der Waals surface area contributed by atoms with Gasteiger partial charge in [-0.2, -0.15) is 0 Å². The van der Waals surface area contributed by atoms with Crippen molar-refractivity contribution in [3.8, 4) is 0 Å². The number of hydrogen-bond acceptors (Lipinski definition) is 15. The summed E-state index contributed by atoms with van der Waals surface area (Å²) < 4.78 is 32.7. The highest BCUT2D eigenvalue weighted by atomic mass is 16.8. The Balaban J connectivity index is 2.30. The van der Waals surface area contributed by atoms with Gasteiger partial charge in [-0.3, -0.25) is 29.5 Å². The molecule has 18 nitrogen and oxygen atoms in total. The van der Waals surface area contributed by atoms with Crippen molar-refractivity contribution in [1.29, 1.82) is 0 Å². The lowest BCUT2D eigenvalue weighted by molar-refractivity contribution is -0.336. The number of carbonyl (C=O) groups is 7. The van der Waals surface area contributed by atoms with Crippen molar-refractivity contribution >= 4 is 47.6 Å². The van der Waals surface area contributed by atoms with Crippen LogP contribution in [0.25, 0.3) is 0 Å². The van der Waals surface area contributed by atoms with Gasteiger partial charge in [0.05, 0.1) is 18.1 Å². The molecule has 1 aliphatic carbocycles. The molecular weight excluding hydrogens is 676 g/mol. The number of rotatable bonds is 13. The van der Waals surface area contributed by atoms with Gasteiger partial charge < -0.3 is 33.7 Å². The molecule has 0 aromatic carbocycles. The van der Waals surface area contributed by atoms with E-state index in [4.69, 9.17) is 33.3 Å². The predicted molar refractivity (Wildman–Crippen MR) is 177 cm³/mol. The van der Waals surface area contributed by atoms with Crippen molar-refractivity contribution in [2.24, 2.45) is 16.3 Å². The topological polar surface area (TPSA) is 233 Å². The number of amides is 2. The zero-order chi connectivity index (χ0) is 38.9. The Morgan fingerprint density at radius 2 is 1.41 bits per heavy atom. The van der Waals surface area contributed by atoms with E-state index in [1.54, 1.807) is 48.5 Å². The summed E-state index contributed by atoms with van der Waals surface area (Å²) in [5.74, 6) is -4.44. The van der Waals surface area contributed by atoms with E-state index in [9.17, 15) is 33.6 Å². The molecule has 18 heteroatoms. The van der Waals surface area contributed by atoms with Crippen molar-refractivity contribution in [1.82, 2.24) is 16.1 Å². The SMILES string of the molecule is CCOC(=O)NC(=NCCCC(NC(=O)OC(C)(C)C)C(=O)OC(C)(C)C)NOC1OC2CC(C(C)=O)(C(C)=O)C2C(OC(C)=O)C1OC(C)=O. The molecule has 1 saturated carbocycles. The number of Topliss-reactive ketones (excluding diaryl/α,β-unsaturated/α-hetero) is 2. The Labute approximate surface area is 297 Å². The highest BCUT2D eigenvalue weighted by molar-refractivity contribution is 6.07. The van der Waals surface area contributed by atoms with Crippen LogP contribution in [0.2, 0.25) is 0 Å². The maximum Gasteiger partial charge on any atom is 0.413 e. The van der Waals surface area contributed by atoms with Crippen molar-refractivity contribution in [3.63, 3.8) is 0 Å². The maximum absolute atomic E-state index is 12.9. The second-order valence-electron chi connectivity index (χ2n) is 14.2. The predicted octanol–water partition coefficient (Wildman–Crippen LogP) is 2.40. The van der Waals surface area contributed by atoms with Gasteiger partial charge in [-0.1, -0.05) is 0 Å². The van der Waals surface area contributed by atoms with Gasteiger partial charge in [0, 0.05) is 26.3 Å². The molecule has 0 radical (unpaired) electrons. The Morgan fingerprint density at radius 1 is 0.843 bits per heavy atom. The summed E-state index contributed by atoms with van der Waals surface area (Å²) >= 11 is 0. The van der Waals surface area contributed by atoms with Crippen LogP contribution in [0, 0.1) is 11.3 Å². The van der Waals surface area contributed by atoms with Gasteiger partial charge in [0.2, 0.25) is 12.2 Å². The van der Waals surface area contributed by atoms with E-state index in [0.717, 1.165) is 13.8 Å². The third kappa shape index (κ3) is 12.4. The normalized spacial score (nSPS) is 23.2.